The molecular formula is C17H19NO3. The fraction of sp³-hybridized carbons (Fsp3) is 0.294. The van der Waals surface area contributed by atoms with Gasteiger partial charge >= 0.3 is 0 Å². The highest BCUT2D eigenvalue weighted by Gasteiger charge is 2.20. The van der Waals surface area contributed by atoms with Crippen molar-refractivity contribution in [3.63, 3.8) is 0 Å². The smallest absolute Gasteiger partial charge is 0.124 e. The van der Waals surface area contributed by atoms with Crippen molar-refractivity contribution in [3.05, 3.63) is 53.6 Å². The standard InChI is InChI=1S/C17H19NO3/c1-20-13-7-6-12(16(19)10-13)11-18-15-8-9-21-17-5-3-2-4-14(15)17/h2-7,10,15,18-19H,8-9,11H2,1H3. The van der Waals surface area contributed by atoms with Crippen LogP contribution in [0.15, 0.2) is 42.5 Å². The average Bonchev–Trinajstić information content (AvgIpc) is 2.53. The van der Waals surface area contributed by atoms with Gasteiger partial charge in [0, 0.05) is 36.2 Å². The Hall–Kier alpha value is -2.20. The summed E-state index contributed by atoms with van der Waals surface area (Å²) in [5.74, 6) is 1.86. The van der Waals surface area contributed by atoms with E-state index in [1.54, 1.807) is 13.2 Å². The van der Waals surface area contributed by atoms with Gasteiger partial charge in [0.15, 0.2) is 0 Å². The van der Waals surface area contributed by atoms with Gasteiger partial charge in [0.2, 0.25) is 0 Å². The highest BCUT2D eigenvalue weighted by atomic mass is 16.5. The largest absolute Gasteiger partial charge is 0.507 e. The maximum atomic E-state index is 10.0. The van der Waals surface area contributed by atoms with E-state index in [4.69, 9.17) is 9.47 Å². The van der Waals surface area contributed by atoms with Gasteiger partial charge in [0.25, 0.3) is 0 Å². The molecule has 0 aromatic heterocycles. The molecule has 1 aliphatic rings. The first-order chi connectivity index (χ1) is 10.3. The Kier molecular flexibility index (Phi) is 3.97. The molecule has 0 bridgehead atoms. The van der Waals surface area contributed by atoms with Crippen LogP contribution in [0.2, 0.25) is 0 Å². The summed E-state index contributed by atoms with van der Waals surface area (Å²) in [4.78, 5) is 0. The molecule has 1 atom stereocenters. The number of nitrogens with one attached hydrogen (secondary N) is 1. The molecule has 4 heteroatoms. The van der Waals surface area contributed by atoms with Crippen molar-refractivity contribution in [1.82, 2.24) is 5.32 Å². The second-order valence-electron chi connectivity index (χ2n) is 5.10. The number of phenols is 1. The van der Waals surface area contributed by atoms with Gasteiger partial charge in [-0.3, -0.25) is 0 Å². The highest BCUT2D eigenvalue weighted by Crippen LogP contribution is 2.32. The molecule has 0 amide bonds. The molecule has 0 fully saturated rings. The zero-order chi connectivity index (χ0) is 14.7. The molecule has 0 aliphatic carbocycles. The molecule has 0 spiro atoms. The van der Waals surface area contributed by atoms with Gasteiger partial charge in [-0.1, -0.05) is 24.3 Å². The number of aromatic hydroxyl groups is 1. The number of rotatable bonds is 4. The molecule has 1 aliphatic heterocycles. The maximum absolute atomic E-state index is 10.0. The molecule has 3 rings (SSSR count). The van der Waals surface area contributed by atoms with Crippen molar-refractivity contribution in [3.8, 4) is 17.2 Å². The second kappa shape index (κ2) is 6.06. The number of fused-ring (bicyclic) bond motifs is 1. The van der Waals surface area contributed by atoms with Crippen LogP contribution in [0.5, 0.6) is 17.2 Å². The number of methoxy groups -OCH3 is 1. The summed E-state index contributed by atoms with van der Waals surface area (Å²) < 4.78 is 10.7. The molecule has 0 saturated carbocycles. The quantitative estimate of drug-likeness (QED) is 0.906. The lowest BCUT2D eigenvalue weighted by atomic mass is 10.0. The number of benzene rings is 2. The number of hydrogen-bond acceptors (Lipinski definition) is 4. The lowest BCUT2D eigenvalue weighted by Gasteiger charge is -2.26. The predicted octanol–water partition coefficient (Wildman–Crippen LogP) is 3.01. The molecule has 2 aromatic carbocycles. The number of ether oxygens (including phenoxy) is 2. The Bertz CT molecular complexity index is 627. The maximum Gasteiger partial charge on any atom is 0.124 e. The van der Waals surface area contributed by atoms with Gasteiger partial charge in [0.1, 0.15) is 17.2 Å². The van der Waals surface area contributed by atoms with Gasteiger partial charge in [-0.2, -0.15) is 0 Å². The minimum absolute atomic E-state index is 0.247. The van der Waals surface area contributed by atoms with Crippen LogP contribution >= 0.6 is 0 Å². The number of phenolic OH excluding ortho intramolecular Hbond substituents is 1. The molecule has 110 valence electrons. The third-order valence-corrected chi connectivity index (χ3v) is 3.79. The zero-order valence-electron chi connectivity index (χ0n) is 12.0. The molecule has 1 unspecified atom stereocenters. The van der Waals surface area contributed by atoms with Crippen LogP contribution in [0.4, 0.5) is 0 Å². The van der Waals surface area contributed by atoms with Crippen LogP contribution in [0.3, 0.4) is 0 Å². The van der Waals surface area contributed by atoms with Crippen molar-refractivity contribution in [1.29, 1.82) is 0 Å². The van der Waals surface area contributed by atoms with E-state index in [1.165, 1.54) is 5.56 Å². The molecule has 2 aromatic rings. The van der Waals surface area contributed by atoms with E-state index >= 15 is 0 Å². The Morgan fingerprint density at radius 3 is 2.95 bits per heavy atom. The summed E-state index contributed by atoms with van der Waals surface area (Å²) in [5, 5.41) is 13.5. The van der Waals surface area contributed by atoms with Crippen molar-refractivity contribution in [2.45, 2.75) is 19.0 Å². The molecule has 2 N–H and O–H groups in total. The lowest BCUT2D eigenvalue weighted by Crippen LogP contribution is -2.26. The van der Waals surface area contributed by atoms with Crippen LogP contribution in [-0.2, 0) is 6.54 Å². The molecular weight excluding hydrogens is 266 g/mol. The van der Waals surface area contributed by atoms with E-state index in [1.807, 2.05) is 30.3 Å². The summed E-state index contributed by atoms with van der Waals surface area (Å²) in [6.07, 6.45) is 0.925. The first-order valence-corrected chi connectivity index (χ1v) is 7.09. The minimum atomic E-state index is 0.247. The van der Waals surface area contributed by atoms with E-state index in [-0.39, 0.29) is 11.8 Å². The van der Waals surface area contributed by atoms with Crippen molar-refractivity contribution >= 4 is 0 Å². The Labute approximate surface area is 124 Å². The molecule has 21 heavy (non-hydrogen) atoms. The third-order valence-electron chi connectivity index (χ3n) is 3.79. The Balaban J connectivity index is 1.71. The lowest BCUT2D eigenvalue weighted by molar-refractivity contribution is 0.252. The van der Waals surface area contributed by atoms with Crippen LogP contribution in [0.1, 0.15) is 23.6 Å². The van der Waals surface area contributed by atoms with E-state index in [2.05, 4.69) is 11.4 Å². The van der Waals surface area contributed by atoms with E-state index in [0.29, 0.717) is 18.9 Å². The molecule has 0 radical (unpaired) electrons. The summed E-state index contributed by atoms with van der Waals surface area (Å²) >= 11 is 0. The first kappa shape index (κ1) is 13.8. The predicted molar refractivity (Wildman–Crippen MR) is 80.8 cm³/mol. The Morgan fingerprint density at radius 2 is 2.14 bits per heavy atom. The van der Waals surface area contributed by atoms with Crippen molar-refractivity contribution in [2.24, 2.45) is 0 Å². The molecule has 0 saturated heterocycles. The van der Waals surface area contributed by atoms with E-state index < -0.39 is 0 Å². The SMILES string of the molecule is COc1ccc(CNC2CCOc3ccccc32)c(O)c1. The average molecular weight is 285 g/mol. The monoisotopic (exact) mass is 285 g/mol. The fourth-order valence-corrected chi connectivity index (χ4v) is 2.61. The van der Waals surface area contributed by atoms with E-state index in [9.17, 15) is 5.11 Å². The van der Waals surface area contributed by atoms with Crippen LogP contribution in [0, 0.1) is 0 Å². The second-order valence-corrected chi connectivity index (χ2v) is 5.10. The van der Waals surface area contributed by atoms with Gasteiger partial charge in [-0.25, -0.2) is 0 Å². The molecule has 1 heterocycles. The summed E-state index contributed by atoms with van der Waals surface area (Å²) in [6, 6.07) is 13.7. The Morgan fingerprint density at radius 1 is 1.29 bits per heavy atom. The minimum Gasteiger partial charge on any atom is -0.507 e. The topological polar surface area (TPSA) is 50.7 Å². The number of hydrogen-bond donors (Lipinski definition) is 2. The first-order valence-electron chi connectivity index (χ1n) is 7.09. The fourth-order valence-electron chi connectivity index (χ4n) is 2.61. The van der Waals surface area contributed by atoms with Gasteiger partial charge < -0.3 is 19.9 Å². The zero-order valence-corrected chi connectivity index (χ0v) is 12.0. The van der Waals surface area contributed by atoms with Crippen LogP contribution in [-0.4, -0.2) is 18.8 Å². The summed E-state index contributed by atoms with van der Waals surface area (Å²) in [7, 11) is 1.59. The highest BCUT2D eigenvalue weighted by molar-refractivity contribution is 5.40. The van der Waals surface area contributed by atoms with Gasteiger partial charge in [0.05, 0.1) is 13.7 Å². The van der Waals surface area contributed by atoms with Crippen LogP contribution in [0.25, 0.3) is 0 Å². The summed E-state index contributed by atoms with van der Waals surface area (Å²) in [6.45, 7) is 1.32. The van der Waals surface area contributed by atoms with Crippen molar-refractivity contribution < 1.29 is 14.6 Å². The van der Waals surface area contributed by atoms with E-state index in [0.717, 1.165) is 17.7 Å². The summed E-state index contributed by atoms with van der Waals surface area (Å²) in [5.41, 5.74) is 2.04. The van der Waals surface area contributed by atoms with Crippen LogP contribution < -0.4 is 14.8 Å². The van der Waals surface area contributed by atoms with Gasteiger partial charge in [-0.05, 0) is 12.1 Å². The third kappa shape index (κ3) is 2.95. The number of para-hydroxylation sites is 1. The van der Waals surface area contributed by atoms with Gasteiger partial charge in [-0.15, -0.1) is 0 Å². The van der Waals surface area contributed by atoms with Crippen molar-refractivity contribution in [2.75, 3.05) is 13.7 Å². The molecule has 4 nitrogen and oxygen atoms in total. The normalized spacial score (nSPS) is 16.9.